The van der Waals surface area contributed by atoms with Gasteiger partial charge < -0.3 is 9.80 Å². The molecule has 0 atom stereocenters. The van der Waals surface area contributed by atoms with Crippen LogP contribution in [0.3, 0.4) is 0 Å². The highest BCUT2D eigenvalue weighted by Crippen LogP contribution is 2.31. The number of sulfonamides is 1. The Morgan fingerprint density at radius 3 is 2.41 bits per heavy atom. The topological polar surface area (TPSA) is 65.5 Å². The lowest BCUT2D eigenvalue weighted by molar-refractivity contribution is 0.249. The number of halogens is 1. The number of piperidine rings is 1. The van der Waals surface area contributed by atoms with Crippen LogP contribution in [0.2, 0.25) is 0 Å². The predicted octanol–water partition coefficient (Wildman–Crippen LogP) is 3.48. The van der Waals surface area contributed by atoms with E-state index in [-0.39, 0.29) is 4.90 Å². The Hall–Kier alpha value is -1.64. The van der Waals surface area contributed by atoms with Gasteiger partial charge in [-0.1, -0.05) is 17.7 Å². The van der Waals surface area contributed by atoms with E-state index in [4.69, 9.17) is 0 Å². The zero-order valence-electron chi connectivity index (χ0n) is 15.8. The molecule has 2 heterocycles. The molecular formula is C19H25BrN4O2S. The number of benzene rings is 1. The minimum absolute atomic E-state index is 0.241. The molecule has 1 aliphatic heterocycles. The smallest absolute Gasteiger partial charge is 0.262 e. The average Bonchev–Trinajstić information content (AvgIpc) is 2.62. The van der Waals surface area contributed by atoms with Gasteiger partial charge in [-0.25, -0.2) is 13.4 Å². The lowest BCUT2D eigenvalue weighted by atomic mass is 10.0. The number of anilines is 2. The lowest BCUT2D eigenvalue weighted by Crippen LogP contribution is -2.42. The number of hydrogen-bond donors (Lipinski definition) is 1. The summed E-state index contributed by atoms with van der Waals surface area (Å²) in [4.78, 5) is 9.14. The van der Waals surface area contributed by atoms with Crippen LogP contribution in [0.25, 0.3) is 0 Å². The molecule has 0 unspecified atom stereocenters. The molecule has 0 saturated carbocycles. The first-order chi connectivity index (χ1) is 12.8. The fraction of sp³-hybridized carbons (Fsp3) is 0.421. The minimum Gasteiger partial charge on any atom is -0.355 e. The Balaban J connectivity index is 1.85. The van der Waals surface area contributed by atoms with Gasteiger partial charge in [0.05, 0.1) is 10.6 Å². The third kappa shape index (κ3) is 4.80. The maximum atomic E-state index is 12.8. The maximum absolute atomic E-state index is 12.8. The zero-order valence-corrected chi connectivity index (χ0v) is 18.2. The third-order valence-electron chi connectivity index (χ3n) is 4.90. The summed E-state index contributed by atoms with van der Waals surface area (Å²) >= 11 is 3.40. The van der Waals surface area contributed by atoms with Gasteiger partial charge in [-0.3, -0.25) is 4.72 Å². The molecule has 6 nitrogen and oxygen atoms in total. The van der Waals surface area contributed by atoms with Gasteiger partial charge in [-0.2, -0.15) is 0 Å². The number of aryl methyl sites for hydroxylation is 1. The van der Waals surface area contributed by atoms with Crippen LogP contribution < -0.4 is 9.62 Å². The van der Waals surface area contributed by atoms with Crippen LogP contribution >= 0.6 is 15.9 Å². The van der Waals surface area contributed by atoms with Gasteiger partial charge >= 0.3 is 0 Å². The van der Waals surface area contributed by atoms with Crippen molar-refractivity contribution in [2.45, 2.75) is 30.7 Å². The summed E-state index contributed by atoms with van der Waals surface area (Å²) in [6, 6.07) is 9.13. The van der Waals surface area contributed by atoms with Crippen molar-refractivity contribution in [1.29, 1.82) is 0 Å². The molecule has 0 spiro atoms. The van der Waals surface area contributed by atoms with Crippen molar-refractivity contribution in [2.75, 3.05) is 36.8 Å². The molecule has 1 fully saturated rings. The van der Waals surface area contributed by atoms with Gasteiger partial charge in [-0.15, -0.1) is 0 Å². The van der Waals surface area contributed by atoms with Crippen LogP contribution in [0.4, 0.5) is 11.5 Å². The van der Waals surface area contributed by atoms with Gasteiger partial charge in [0.2, 0.25) is 0 Å². The Kier molecular flexibility index (Phi) is 6.08. The van der Waals surface area contributed by atoms with Crippen LogP contribution in [0.5, 0.6) is 0 Å². The summed E-state index contributed by atoms with van der Waals surface area (Å²) in [6.07, 6.45) is 3.75. The third-order valence-corrected chi connectivity index (χ3v) is 6.72. The van der Waals surface area contributed by atoms with E-state index in [9.17, 15) is 8.42 Å². The molecule has 0 amide bonds. The van der Waals surface area contributed by atoms with Gasteiger partial charge in [0.25, 0.3) is 10.0 Å². The Morgan fingerprint density at radius 1 is 1.19 bits per heavy atom. The number of nitrogens with zero attached hydrogens (tertiary/aromatic N) is 3. The highest BCUT2D eigenvalue weighted by molar-refractivity contribution is 9.10. The second kappa shape index (κ2) is 8.16. The zero-order chi connectivity index (χ0) is 19.6. The van der Waals surface area contributed by atoms with E-state index in [1.807, 2.05) is 6.92 Å². The number of rotatable bonds is 5. The quantitative estimate of drug-likeness (QED) is 0.751. The SMILES string of the molecule is Cc1ccc(S(=O)(=O)Nc2cc(Br)cnc2N2CCC(N(C)C)CC2)cc1. The van der Waals surface area contributed by atoms with Gasteiger partial charge in [0.15, 0.2) is 5.82 Å². The highest BCUT2D eigenvalue weighted by Gasteiger charge is 2.25. The average molecular weight is 453 g/mol. The monoisotopic (exact) mass is 452 g/mol. The summed E-state index contributed by atoms with van der Waals surface area (Å²) in [5.74, 6) is 0.672. The largest absolute Gasteiger partial charge is 0.355 e. The van der Waals surface area contributed by atoms with Gasteiger partial charge in [0, 0.05) is 29.8 Å². The maximum Gasteiger partial charge on any atom is 0.262 e. The Bertz CT molecular complexity index is 892. The van der Waals surface area contributed by atoms with Crippen molar-refractivity contribution in [1.82, 2.24) is 9.88 Å². The van der Waals surface area contributed by atoms with Crippen LogP contribution in [0.1, 0.15) is 18.4 Å². The molecule has 1 aliphatic rings. The van der Waals surface area contributed by atoms with Crippen molar-refractivity contribution in [3.05, 3.63) is 46.6 Å². The van der Waals surface area contributed by atoms with E-state index in [1.165, 1.54) is 0 Å². The van der Waals surface area contributed by atoms with E-state index >= 15 is 0 Å². The second-order valence-electron chi connectivity index (χ2n) is 7.13. The van der Waals surface area contributed by atoms with Crippen molar-refractivity contribution < 1.29 is 8.42 Å². The molecule has 0 bridgehead atoms. The van der Waals surface area contributed by atoms with Crippen molar-refractivity contribution in [3.8, 4) is 0 Å². The van der Waals surface area contributed by atoms with Crippen molar-refractivity contribution in [2.24, 2.45) is 0 Å². The first kappa shape index (κ1) is 20.1. The first-order valence-electron chi connectivity index (χ1n) is 8.92. The summed E-state index contributed by atoms with van der Waals surface area (Å²) in [5, 5.41) is 0. The van der Waals surface area contributed by atoms with E-state index in [0.717, 1.165) is 36.0 Å². The molecule has 8 heteroatoms. The van der Waals surface area contributed by atoms with Crippen LogP contribution in [-0.2, 0) is 10.0 Å². The standard InChI is InChI=1S/C19H25BrN4O2S/c1-14-4-6-17(7-5-14)27(25,26)22-18-12-15(20)13-21-19(18)24-10-8-16(9-11-24)23(2)3/h4-7,12-13,16,22H,8-11H2,1-3H3. The molecule has 1 saturated heterocycles. The molecule has 1 aromatic carbocycles. The van der Waals surface area contributed by atoms with E-state index in [1.54, 1.807) is 36.5 Å². The molecule has 1 N–H and O–H groups in total. The Labute approximate surface area is 169 Å². The van der Waals surface area contributed by atoms with Crippen molar-refractivity contribution in [3.63, 3.8) is 0 Å². The van der Waals surface area contributed by atoms with E-state index in [2.05, 4.69) is 49.5 Å². The molecule has 3 rings (SSSR count). The molecule has 2 aromatic rings. The van der Waals surface area contributed by atoms with Crippen LogP contribution in [-0.4, -0.2) is 51.5 Å². The fourth-order valence-corrected chi connectivity index (χ4v) is 4.66. The predicted molar refractivity (Wildman–Crippen MR) is 113 cm³/mol. The molecule has 1 aromatic heterocycles. The fourth-order valence-electron chi connectivity index (χ4n) is 3.27. The molecule has 0 radical (unpaired) electrons. The highest BCUT2D eigenvalue weighted by atomic mass is 79.9. The molecule has 27 heavy (non-hydrogen) atoms. The summed E-state index contributed by atoms with van der Waals surface area (Å²) in [7, 11) is 0.515. The summed E-state index contributed by atoms with van der Waals surface area (Å²) in [6.45, 7) is 3.62. The van der Waals surface area contributed by atoms with E-state index in [0.29, 0.717) is 17.5 Å². The van der Waals surface area contributed by atoms with E-state index < -0.39 is 10.0 Å². The molecule has 146 valence electrons. The molecule has 0 aliphatic carbocycles. The normalized spacial score (nSPS) is 16.0. The second-order valence-corrected chi connectivity index (χ2v) is 9.72. The lowest BCUT2D eigenvalue weighted by Gasteiger charge is -2.36. The summed E-state index contributed by atoms with van der Waals surface area (Å²) in [5.41, 5.74) is 1.51. The van der Waals surface area contributed by atoms with Gasteiger partial charge in [0.1, 0.15) is 0 Å². The first-order valence-corrected chi connectivity index (χ1v) is 11.2. The number of hydrogen-bond acceptors (Lipinski definition) is 5. The summed E-state index contributed by atoms with van der Waals surface area (Å²) < 4.78 is 29.1. The number of aromatic nitrogens is 1. The van der Waals surface area contributed by atoms with Crippen LogP contribution in [0, 0.1) is 6.92 Å². The van der Waals surface area contributed by atoms with Crippen molar-refractivity contribution >= 4 is 37.5 Å². The molecular weight excluding hydrogens is 428 g/mol. The minimum atomic E-state index is -3.68. The van der Waals surface area contributed by atoms with Crippen LogP contribution in [0.15, 0.2) is 45.9 Å². The number of pyridine rings is 1. The number of nitrogens with one attached hydrogen (secondary N) is 1. The Morgan fingerprint density at radius 2 is 1.81 bits per heavy atom. The van der Waals surface area contributed by atoms with Gasteiger partial charge in [-0.05, 0) is 68.0 Å².